The summed E-state index contributed by atoms with van der Waals surface area (Å²) in [5.74, 6) is 0. The van der Waals surface area contributed by atoms with E-state index in [1.54, 1.807) is 6.92 Å². The van der Waals surface area contributed by atoms with E-state index in [9.17, 15) is 0 Å². The molecule has 2 nitrogen and oxygen atoms in total. The van der Waals surface area contributed by atoms with E-state index in [1.807, 2.05) is 6.20 Å². The van der Waals surface area contributed by atoms with E-state index in [1.165, 1.54) is 59.6 Å². The van der Waals surface area contributed by atoms with Crippen LogP contribution in [0.4, 0.5) is 0 Å². The van der Waals surface area contributed by atoms with Crippen molar-refractivity contribution in [2.24, 2.45) is 5.41 Å². The number of aromatic nitrogens is 1. The number of fused-ring (bicyclic) bond motifs is 1. The fraction of sp³-hybridized carbons (Fsp3) is 0.429. The third kappa shape index (κ3) is 6.97. The first-order valence-corrected chi connectivity index (χ1v) is 11.2. The van der Waals surface area contributed by atoms with Gasteiger partial charge in [0, 0.05) is 32.4 Å². The molecule has 4 rings (SSSR count). The molecule has 1 radical (unpaired) electrons. The van der Waals surface area contributed by atoms with Crippen LogP contribution in [0.5, 0.6) is 0 Å². The van der Waals surface area contributed by atoms with Crippen LogP contribution >= 0.6 is 0 Å². The maximum atomic E-state index is 8.30. The molecule has 0 spiro atoms. The third-order valence-corrected chi connectivity index (χ3v) is 6.09. The van der Waals surface area contributed by atoms with Crippen LogP contribution in [0.15, 0.2) is 42.6 Å². The first kappa shape index (κ1) is 25.7. The Balaban J connectivity index is 0.000000514. The molecular formula is C28H35IrNO-2. The fourth-order valence-corrected chi connectivity index (χ4v) is 4.47. The van der Waals surface area contributed by atoms with E-state index >= 15 is 0 Å². The number of nitrogens with zero attached hydrogens (tertiary/aromatic N) is 1. The molecule has 1 aliphatic rings. The smallest absolute Gasteiger partial charge is 0.0241 e. The van der Waals surface area contributed by atoms with Gasteiger partial charge in [-0.2, -0.15) is 6.42 Å². The van der Waals surface area contributed by atoms with Crippen molar-refractivity contribution in [1.82, 2.24) is 4.98 Å². The van der Waals surface area contributed by atoms with Gasteiger partial charge in [-0.1, -0.05) is 51.8 Å². The molecule has 3 aromatic rings. The van der Waals surface area contributed by atoms with Gasteiger partial charge >= 0.3 is 0 Å². The van der Waals surface area contributed by atoms with Gasteiger partial charge in [0.2, 0.25) is 0 Å². The van der Waals surface area contributed by atoms with Crippen molar-refractivity contribution in [2.75, 3.05) is 0 Å². The molecule has 0 amide bonds. The molecule has 1 heterocycles. The molecule has 3 heteroatoms. The molecule has 0 bridgehead atoms. The largest absolute Gasteiger partial charge is 0.396 e. The van der Waals surface area contributed by atoms with Crippen molar-refractivity contribution in [1.29, 1.82) is 0 Å². The minimum Gasteiger partial charge on any atom is -0.396 e. The number of rotatable bonds is 4. The number of aliphatic hydroxyl groups excluding tert-OH is 1. The zero-order valence-corrected chi connectivity index (χ0v) is 21.7. The first-order chi connectivity index (χ1) is 14.3. The van der Waals surface area contributed by atoms with Crippen molar-refractivity contribution < 1.29 is 25.2 Å². The Hall–Kier alpha value is -1.54. The summed E-state index contributed by atoms with van der Waals surface area (Å²) in [6.07, 6.45) is 9.02. The molecule has 31 heavy (non-hydrogen) atoms. The van der Waals surface area contributed by atoms with Gasteiger partial charge in [-0.3, -0.25) is 0 Å². The van der Waals surface area contributed by atoms with Crippen LogP contribution in [0.3, 0.4) is 0 Å². The second-order valence-corrected chi connectivity index (χ2v) is 9.30. The van der Waals surface area contributed by atoms with Crippen molar-refractivity contribution in [3.8, 4) is 11.3 Å². The van der Waals surface area contributed by atoms with Crippen LogP contribution in [-0.4, -0.2) is 16.2 Å². The molecule has 1 atom stereocenters. The van der Waals surface area contributed by atoms with E-state index in [0.29, 0.717) is 11.8 Å². The van der Waals surface area contributed by atoms with E-state index in [4.69, 9.17) is 5.11 Å². The topological polar surface area (TPSA) is 33.1 Å². The number of hydrogen-bond donors (Lipinski definition) is 1. The molecular weight excluding hydrogens is 559 g/mol. The SMILES string of the molecule is Cc1[c-]c(-c2nccc3cc(CC4(C)CCCC4)ccc23)cc(C)c1.[CH2-]CC(C)O.[Ir]. The fourth-order valence-electron chi connectivity index (χ4n) is 4.47. The number of aliphatic hydroxyl groups is 1. The Morgan fingerprint density at radius 2 is 1.81 bits per heavy atom. The van der Waals surface area contributed by atoms with E-state index in [2.05, 4.69) is 75.1 Å². The summed E-state index contributed by atoms with van der Waals surface area (Å²) in [5.41, 5.74) is 6.51. The molecule has 1 aliphatic carbocycles. The Kier molecular flexibility index (Phi) is 9.43. The van der Waals surface area contributed by atoms with E-state index < -0.39 is 0 Å². The summed E-state index contributed by atoms with van der Waals surface area (Å²) in [6, 6.07) is 16.9. The number of benzene rings is 2. The van der Waals surface area contributed by atoms with Gasteiger partial charge in [0.1, 0.15) is 0 Å². The summed E-state index contributed by atoms with van der Waals surface area (Å²) >= 11 is 0. The van der Waals surface area contributed by atoms with Crippen LogP contribution in [0.25, 0.3) is 22.0 Å². The predicted octanol–water partition coefficient (Wildman–Crippen LogP) is 7.03. The van der Waals surface area contributed by atoms with Crippen LogP contribution in [-0.2, 0) is 26.5 Å². The van der Waals surface area contributed by atoms with E-state index in [-0.39, 0.29) is 26.2 Å². The molecule has 1 unspecified atom stereocenters. The Bertz CT molecular complexity index is 969. The number of hydrogen-bond acceptors (Lipinski definition) is 2. The Labute approximate surface area is 201 Å². The average Bonchev–Trinajstić information content (AvgIpc) is 3.13. The minimum atomic E-state index is -0.227. The first-order valence-electron chi connectivity index (χ1n) is 11.2. The van der Waals surface area contributed by atoms with Crippen LogP contribution in [0, 0.1) is 32.3 Å². The third-order valence-electron chi connectivity index (χ3n) is 6.09. The zero-order chi connectivity index (χ0) is 21.7. The maximum Gasteiger partial charge on any atom is 0.0241 e. The van der Waals surface area contributed by atoms with Gasteiger partial charge in [-0.05, 0) is 59.7 Å². The number of aryl methyl sites for hydroxylation is 2. The van der Waals surface area contributed by atoms with Gasteiger partial charge < -0.3 is 17.0 Å². The van der Waals surface area contributed by atoms with Crippen LogP contribution in [0.2, 0.25) is 0 Å². The van der Waals surface area contributed by atoms with Crippen molar-refractivity contribution >= 4 is 10.8 Å². The summed E-state index contributed by atoms with van der Waals surface area (Å²) < 4.78 is 0. The normalized spacial score (nSPS) is 15.7. The average molecular weight is 594 g/mol. The van der Waals surface area contributed by atoms with Gasteiger partial charge in [0.05, 0.1) is 0 Å². The van der Waals surface area contributed by atoms with Crippen molar-refractivity contribution in [3.63, 3.8) is 0 Å². The monoisotopic (exact) mass is 594 g/mol. The minimum absolute atomic E-state index is 0. The molecule has 1 N–H and O–H groups in total. The van der Waals surface area contributed by atoms with Gasteiger partial charge in [0.25, 0.3) is 0 Å². The molecule has 1 aromatic heterocycles. The summed E-state index contributed by atoms with van der Waals surface area (Å²) in [4.78, 5) is 4.67. The van der Waals surface area contributed by atoms with E-state index in [0.717, 1.165) is 11.3 Å². The Morgan fingerprint density at radius 3 is 2.42 bits per heavy atom. The zero-order valence-electron chi connectivity index (χ0n) is 19.3. The summed E-state index contributed by atoms with van der Waals surface area (Å²) in [5, 5.41) is 10.8. The molecule has 1 fully saturated rings. The van der Waals surface area contributed by atoms with Gasteiger partial charge in [-0.25, -0.2) is 0 Å². The molecule has 169 valence electrons. The van der Waals surface area contributed by atoms with Crippen molar-refractivity contribution in [3.05, 3.63) is 72.3 Å². The number of pyridine rings is 1. The van der Waals surface area contributed by atoms with Crippen LogP contribution in [0.1, 0.15) is 62.6 Å². The molecule has 0 aliphatic heterocycles. The van der Waals surface area contributed by atoms with Crippen molar-refractivity contribution in [2.45, 2.75) is 72.3 Å². The second kappa shape index (κ2) is 11.4. The standard InChI is InChI=1S/C24H26N.C4H9O.Ir/c1-17-12-18(2)14-21(13-17)23-22-7-6-19(15-20(22)8-11-25-23)16-24(3)9-4-5-10-24;1-3-4(2)5;/h6-8,11-13,15H,4-5,9-10,16H2,1-3H3;4-5H,1,3H2,2H3;/q2*-1;. The van der Waals surface area contributed by atoms with Gasteiger partial charge in [0.15, 0.2) is 0 Å². The maximum absolute atomic E-state index is 8.30. The summed E-state index contributed by atoms with van der Waals surface area (Å²) in [7, 11) is 0. The molecule has 1 saturated carbocycles. The second-order valence-electron chi connectivity index (χ2n) is 9.30. The predicted molar refractivity (Wildman–Crippen MR) is 127 cm³/mol. The summed E-state index contributed by atoms with van der Waals surface area (Å²) in [6.45, 7) is 11.8. The molecule has 2 aromatic carbocycles. The Morgan fingerprint density at radius 1 is 1.13 bits per heavy atom. The molecule has 0 saturated heterocycles. The van der Waals surface area contributed by atoms with Crippen LogP contribution < -0.4 is 0 Å². The van der Waals surface area contributed by atoms with Gasteiger partial charge in [-0.15, -0.1) is 34.9 Å². The quantitative estimate of drug-likeness (QED) is 0.330.